The van der Waals surface area contributed by atoms with Crippen LogP contribution in [0.2, 0.25) is 0 Å². The molecule has 0 radical (unpaired) electrons. The van der Waals surface area contributed by atoms with Crippen molar-refractivity contribution >= 4 is 12.0 Å². The van der Waals surface area contributed by atoms with Gasteiger partial charge in [-0.05, 0) is 67.4 Å². The summed E-state index contributed by atoms with van der Waals surface area (Å²) in [4.78, 5) is 17.0. The molecule has 1 unspecified atom stereocenters. The fraction of sp³-hybridized carbons (Fsp3) is 0.429. The first-order valence-electron chi connectivity index (χ1n) is 11.5. The molecule has 6 atom stereocenters. The molecule has 0 spiro atoms. The molecule has 1 saturated heterocycles. The van der Waals surface area contributed by atoms with Gasteiger partial charge in [-0.1, -0.05) is 43.5 Å². The maximum atomic E-state index is 13.5. The van der Waals surface area contributed by atoms with Gasteiger partial charge < -0.3 is 4.74 Å². The second-order valence-electron chi connectivity index (χ2n) is 9.19. The standard InChI is InChI=1S/C26H28FNO2.C2H2/c1-16-25-23(22-8-3-2-5-18(22)14-24(25)26(29)30-16)12-11-21-10-9-19(15-28-21)17-6-4-7-20(27)13-17;1-2/h4,6-7,9-13,15-16,18,22-25H,2-3,5,8,14H2,1H3;1-2H/b12-11+;/t16-,18+,22?,23+,24-,25+;/m1./s1. The van der Waals surface area contributed by atoms with Crippen LogP contribution in [0.3, 0.4) is 0 Å². The van der Waals surface area contributed by atoms with E-state index in [1.807, 2.05) is 18.2 Å². The van der Waals surface area contributed by atoms with E-state index in [1.54, 1.807) is 12.3 Å². The van der Waals surface area contributed by atoms with Crippen LogP contribution in [0, 0.1) is 48.3 Å². The summed E-state index contributed by atoms with van der Waals surface area (Å²) in [6, 6.07) is 10.5. The van der Waals surface area contributed by atoms with Crippen LogP contribution in [0.1, 0.15) is 44.7 Å². The maximum Gasteiger partial charge on any atom is 0.309 e. The van der Waals surface area contributed by atoms with E-state index in [0.29, 0.717) is 17.8 Å². The second-order valence-corrected chi connectivity index (χ2v) is 9.19. The third kappa shape index (κ3) is 4.35. The van der Waals surface area contributed by atoms with Gasteiger partial charge in [0.15, 0.2) is 0 Å². The van der Waals surface area contributed by atoms with Gasteiger partial charge in [0.2, 0.25) is 0 Å². The number of allylic oxidation sites excluding steroid dienone is 1. The average Bonchev–Trinajstić information content (AvgIpc) is 3.11. The summed E-state index contributed by atoms with van der Waals surface area (Å²) in [6.45, 7) is 2.05. The minimum absolute atomic E-state index is 0.00694. The van der Waals surface area contributed by atoms with Gasteiger partial charge in [0.1, 0.15) is 11.9 Å². The van der Waals surface area contributed by atoms with Gasteiger partial charge in [0.05, 0.1) is 11.6 Å². The summed E-state index contributed by atoms with van der Waals surface area (Å²) >= 11 is 0. The highest BCUT2D eigenvalue weighted by Gasteiger charge is 2.53. The van der Waals surface area contributed by atoms with Gasteiger partial charge >= 0.3 is 5.97 Å². The van der Waals surface area contributed by atoms with Gasteiger partial charge in [0, 0.05) is 17.7 Å². The van der Waals surface area contributed by atoms with E-state index >= 15 is 0 Å². The Bertz CT molecular complexity index is 996. The Morgan fingerprint density at radius 1 is 1.12 bits per heavy atom. The quantitative estimate of drug-likeness (QED) is 0.432. The number of hydrogen-bond donors (Lipinski definition) is 0. The van der Waals surface area contributed by atoms with E-state index in [1.165, 1.54) is 37.8 Å². The molecular formula is C28H30FNO2. The van der Waals surface area contributed by atoms with Crippen LogP contribution in [0.5, 0.6) is 0 Å². The summed E-state index contributed by atoms with van der Waals surface area (Å²) in [5.41, 5.74) is 2.62. The van der Waals surface area contributed by atoms with Crippen molar-refractivity contribution in [3.8, 4) is 24.0 Å². The molecule has 4 heteroatoms. The molecule has 2 heterocycles. The zero-order chi connectivity index (χ0) is 22.7. The molecule has 2 aliphatic carbocycles. The Hall–Kier alpha value is -2.93. The molecule has 3 fully saturated rings. The molecule has 0 bridgehead atoms. The van der Waals surface area contributed by atoms with Crippen molar-refractivity contribution in [2.75, 3.05) is 0 Å². The van der Waals surface area contributed by atoms with E-state index in [2.05, 4.69) is 36.9 Å². The van der Waals surface area contributed by atoms with Crippen LogP contribution in [-0.4, -0.2) is 17.1 Å². The lowest BCUT2D eigenvalue weighted by atomic mass is 9.57. The molecule has 2 aromatic rings. The number of hydrogen-bond acceptors (Lipinski definition) is 3. The highest BCUT2D eigenvalue weighted by molar-refractivity contribution is 5.75. The fourth-order valence-corrected chi connectivity index (χ4v) is 6.14. The van der Waals surface area contributed by atoms with Crippen molar-refractivity contribution < 1.29 is 13.9 Å². The summed E-state index contributed by atoms with van der Waals surface area (Å²) in [5.74, 6) is 1.73. The molecule has 1 aliphatic heterocycles. The van der Waals surface area contributed by atoms with Gasteiger partial charge in [-0.2, -0.15) is 0 Å². The van der Waals surface area contributed by atoms with Gasteiger partial charge in [-0.15, -0.1) is 12.8 Å². The minimum Gasteiger partial charge on any atom is -0.462 e. The van der Waals surface area contributed by atoms with Gasteiger partial charge in [-0.25, -0.2) is 4.39 Å². The first kappa shape index (κ1) is 22.3. The summed E-state index contributed by atoms with van der Waals surface area (Å²) in [7, 11) is 0. The number of esters is 1. The number of aromatic nitrogens is 1. The Labute approximate surface area is 190 Å². The predicted molar refractivity (Wildman–Crippen MR) is 125 cm³/mol. The number of rotatable bonds is 3. The van der Waals surface area contributed by atoms with Crippen LogP contribution in [0.15, 0.2) is 48.7 Å². The van der Waals surface area contributed by atoms with E-state index in [9.17, 15) is 9.18 Å². The number of nitrogens with zero attached hydrogens (tertiary/aromatic N) is 1. The normalized spacial score (nSPS) is 31.2. The maximum absolute atomic E-state index is 13.5. The Morgan fingerprint density at radius 3 is 2.69 bits per heavy atom. The van der Waals surface area contributed by atoms with Crippen molar-refractivity contribution in [1.29, 1.82) is 0 Å². The molecule has 0 amide bonds. The average molecular weight is 432 g/mol. The van der Waals surface area contributed by atoms with Gasteiger partial charge in [-0.3, -0.25) is 9.78 Å². The van der Waals surface area contributed by atoms with Gasteiger partial charge in [0.25, 0.3) is 0 Å². The van der Waals surface area contributed by atoms with Crippen molar-refractivity contribution in [1.82, 2.24) is 4.98 Å². The Kier molecular flexibility index (Phi) is 6.74. The van der Waals surface area contributed by atoms with Crippen LogP contribution in [0.4, 0.5) is 4.39 Å². The van der Waals surface area contributed by atoms with E-state index in [4.69, 9.17) is 4.74 Å². The van der Waals surface area contributed by atoms with Crippen LogP contribution in [-0.2, 0) is 9.53 Å². The molecule has 1 aromatic heterocycles. The number of carbonyl (C=O) groups excluding carboxylic acids is 1. The Morgan fingerprint density at radius 2 is 1.94 bits per heavy atom. The number of cyclic esters (lactones) is 1. The molecule has 32 heavy (non-hydrogen) atoms. The van der Waals surface area contributed by atoms with Crippen molar-refractivity contribution in [2.45, 2.75) is 45.1 Å². The molecule has 0 N–H and O–H groups in total. The minimum atomic E-state index is -0.243. The molecule has 3 nitrogen and oxygen atoms in total. The predicted octanol–water partition coefficient (Wildman–Crippen LogP) is 6.15. The number of carbonyl (C=O) groups is 1. The lowest BCUT2D eigenvalue weighted by Crippen LogP contribution is -2.42. The number of pyridine rings is 1. The van der Waals surface area contributed by atoms with Crippen molar-refractivity contribution in [2.24, 2.45) is 29.6 Å². The lowest BCUT2D eigenvalue weighted by molar-refractivity contribution is -0.144. The highest BCUT2D eigenvalue weighted by Crippen LogP contribution is 2.53. The monoisotopic (exact) mass is 431 g/mol. The fourth-order valence-electron chi connectivity index (χ4n) is 6.14. The summed E-state index contributed by atoms with van der Waals surface area (Å²) in [6.07, 6.45) is 20.2. The topological polar surface area (TPSA) is 39.2 Å². The summed E-state index contributed by atoms with van der Waals surface area (Å²) in [5, 5.41) is 0. The van der Waals surface area contributed by atoms with Crippen molar-refractivity contribution in [3.63, 3.8) is 0 Å². The molecule has 166 valence electrons. The molecule has 3 aliphatic rings. The molecule has 2 saturated carbocycles. The first-order valence-corrected chi connectivity index (χ1v) is 11.5. The molecular weight excluding hydrogens is 401 g/mol. The zero-order valence-electron chi connectivity index (χ0n) is 18.5. The largest absolute Gasteiger partial charge is 0.462 e. The summed E-state index contributed by atoms with van der Waals surface area (Å²) < 4.78 is 19.1. The number of terminal acetylenes is 1. The van der Waals surface area contributed by atoms with Crippen LogP contribution < -0.4 is 0 Å². The number of halogens is 1. The number of benzene rings is 1. The van der Waals surface area contributed by atoms with E-state index < -0.39 is 0 Å². The third-order valence-electron chi connectivity index (χ3n) is 7.51. The second kappa shape index (κ2) is 9.69. The highest BCUT2D eigenvalue weighted by atomic mass is 19.1. The SMILES string of the molecule is C#C.C[C@H]1OC(=O)[C@@H]2C[C@@H]3CCCCC3[C@H](/C=C/c3ccc(-c4cccc(F)c4)cn3)[C@H]12. The van der Waals surface area contributed by atoms with Crippen LogP contribution >= 0.6 is 0 Å². The first-order chi connectivity index (χ1) is 15.6. The third-order valence-corrected chi connectivity index (χ3v) is 7.51. The zero-order valence-corrected chi connectivity index (χ0v) is 18.5. The molecule has 1 aromatic carbocycles. The number of fused-ring (bicyclic) bond motifs is 2. The van der Waals surface area contributed by atoms with Crippen molar-refractivity contribution in [3.05, 3.63) is 60.2 Å². The lowest BCUT2D eigenvalue weighted by Gasteiger charge is -2.45. The molecule has 5 rings (SSSR count). The van der Waals surface area contributed by atoms with E-state index in [0.717, 1.165) is 23.2 Å². The number of ether oxygens (including phenoxy) is 1. The smallest absolute Gasteiger partial charge is 0.309 e. The van der Waals surface area contributed by atoms with Crippen LogP contribution in [0.25, 0.3) is 17.2 Å². The Balaban J connectivity index is 0.00000119. The van der Waals surface area contributed by atoms with E-state index in [-0.39, 0.29) is 29.7 Å².